The normalized spacial score (nSPS) is 23.7. The molecule has 1 saturated carbocycles. The van der Waals surface area contributed by atoms with E-state index in [1.807, 2.05) is 0 Å². The number of methoxy groups -OCH3 is 1. The van der Waals surface area contributed by atoms with Gasteiger partial charge in [-0.15, -0.1) is 0 Å². The number of rotatable bonds is 8. The van der Waals surface area contributed by atoms with Gasteiger partial charge in [-0.3, -0.25) is 4.79 Å². The molecule has 0 N–H and O–H groups in total. The number of hydrogen-bond acceptors (Lipinski definition) is 10. The molecule has 0 radical (unpaired) electrons. The zero-order chi connectivity index (χ0) is 25.1. The lowest BCUT2D eigenvalue weighted by Crippen LogP contribution is -2.54. The number of aromatic nitrogens is 4. The summed E-state index contributed by atoms with van der Waals surface area (Å²) >= 11 is 0. The van der Waals surface area contributed by atoms with Crippen molar-refractivity contribution in [2.75, 3.05) is 38.2 Å². The van der Waals surface area contributed by atoms with Crippen molar-refractivity contribution < 1.29 is 23.5 Å². The monoisotopic (exact) mass is 500 g/mol. The molecule has 2 aromatic rings. The maximum atomic E-state index is 12.4. The van der Waals surface area contributed by atoms with Crippen molar-refractivity contribution in [2.24, 2.45) is 0 Å². The van der Waals surface area contributed by atoms with E-state index in [9.17, 15) is 4.79 Å². The fourth-order valence-corrected chi connectivity index (χ4v) is 4.90. The van der Waals surface area contributed by atoms with Crippen LogP contribution in [-0.2, 0) is 9.47 Å². The average molecular weight is 501 g/mol. The van der Waals surface area contributed by atoms with E-state index in [0.717, 1.165) is 57.4 Å². The van der Waals surface area contributed by atoms with Gasteiger partial charge in [-0.1, -0.05) is 19.0 Å². The fourth-order valence-electron chi connectivity index (χ4n) is 4.90. The molecule has 2 aliphatic heterocycles. The molecule has 0 spiro atoms. The third-order valence-corrected chi connectivity index (χ3v) is 7.27. The Bertz CT molecular complexity index is 993. The Balaban J connectivity index is 1.01. The summed E-state index contributed by atoms with van der Waals surface area (Å²) in [6.07, 6.45) is 9.45. The molecule has 11 heteroatoms. The Morgan fingerprint density at radius 1 is 0.972 bits per heavy atom. The van der Waals surface area contributed by atoms with Gasteiger partial charge < -0.3 is 28.5 Å². The predicted octanol–water partition coefficient (Wildman–Crippen LogP) is 2.83. The first-order valence-corrected chi connectivity index (χ1v) is 13.0. The highest BCUT2D eigenvalue weighted by Gasteiger charge is 2.32. The number of anilines is 1. The van der Waals surface area contributed by atoms with Crippen LogP contribution < -0.4 is 9.64 Å². The quantitative estimate of drug-likeness (QED) is 0.536. The standard InChI is InChI=1S/C25H36N6O5/c1-16(2)23-28-25(36-29-23)30-10-8-19(9-11-30)34-17-4-6-18(7-5-17)35-22-13-26-21(12-27-22)24(32)31-14-20(15-31)33-3/h12-13,16-20H,4-11,14-15H2,1-3H3/t17-,18-. The molecule has 0 unspecified atom stereocenters. The minimum atomic E-state index is -0.122. The van der Waals surface area contributed by atoms with Crippen LogP contribution in [0.3, 0.4) is 0 Å². The Hall–Kier alpha value is -2.79. The summed E-state index contributed by atoms with van der Waals surface area (Å²) < 4.78 is 23.1. The van der Waals surface area contributed by atoms with Crippen molar-refractivity contribution in [1.29, 1.82) is 0 Å². The number of hydrogen-bond donors (Lipinski definition) is 0. The molecule has 36 heavy (non-hydrogen) atoms. The van der Waals surface area contributed by atoms with Crippen LogP contribution >= 0.6 is 0 Å². The molecule has 0 aromatic carbocycles. The first kappa shape index (κ1) is 24.9. The number of carbonyl (C=O) groups excluding carboxylic acids is 1. The van der Waals surface area contributed by atoms with Crippen LogP contribution in [0.5, 0.6) is 5.88 Å². The molecular weight excluding hydrogens is 464 g/mol. The molecule has 196 valence electrons. The minimum Gasteiger partial charge on any atom is -0.473 e. The SMILES string of the molecule is COC1CN(C(=O)c2cnc(O[C@H]3CC[C@H](OC4CCN(c5nc(C(C)C)no5)CC4)CC3)cn2)C1. The minimum absolute atomic E-state index is 0.0908. The van der Waals surface area contributed by atoms with E-state index in [1.165, 1.54) is 6.20 Å². The maximum absolute atomic E-state index is 12.4. The molecule has 11 nitrogen and oxygen atoms in total. The summed E-state index contributed by atoms with van der Waals surface area (Å²) in [4.78, 5) is 29.4. The van der Waals surface area contributed by atoms with Crippen LogP contribution in [0.25, 0.3) is 0 Å². The Morgan fingerprint density at radius 3 is 2.28 bits per heavy atom. The van der Waals surface area contributed by atoms with Crippen molar-refractivity contribution >= 4 is 11.9 Å². The second kappa shape index (κ2) is 11.1. The third-order valence-electron chi connectivity index (χ3n) is 7.27. The van der Waals surface area contributed by atoms with Gasteiger partial charge in [-0.25, -0.2) is 9.97 Å². The average Bonchev–Trinajstić information content (AvgIpc) is 3.36. The van der Waals surface area contributed by atoms with E-state index >= 15 is 0 Å². The summed E-state index contributed by atoms with van der Waals surface area (Å²) in [6, 6.07) is 0.621. The molecular formula is C25H36N6O5. The largest absolute Gasteiger partial charge is 0.473 e. The van der Waals surface area contributed by atoms with Crippen LogP contribution in [0, 0.1) is 0 Å². The van der Waals surface area contributed by atoms with Crippen LogP contribution in [0.4, 0.5) is 6.01 Å². The van der Waals surface area contributed by atoms with Crippen molar-refractivity contribution in [3.8, 4) is 5.88 Å². The van der Waals surface area contributed by atoms with Crippen LogP contribution in [0.15, 0.2) is 16.9 Å². The van der Waals surface area contributed by atoms with Crippen LogP contribution in [-0.4, -0.2) is 88.6 Å². The number of likely N-dealkylation sites (tertiary alicyclic amines) is 1. The van der Waals surface area contributed by atoms with Crippen molar-refractivity contribution in [1.82, 2.24) is 25.0 Å². The molecule has 1 amide bonds. The topological polar surface area (TPSA) is 116 Å². The van der Waals surface area contributed by atoms with E-state index < -0.39 is 0 Å². The molecule has 1 aliphatic carbocycles. The molecule has 4 heterocycles. The first-order chi connectivity index (χ1) is 17.5. The third kappa shape index (κ3) is 5.78. The van der Waals surface area contributed by atoms with E-state index in [0.29, 0.717) is 30.7 Å². The van der Waals surface area contributed by atoms with Crippen LogP contribution in [0.1, 0.15) is 74.6 Å². The van der Waals surface area contributed by atoms with E-state index in [1.54, 1.807) is 18.2 Å². The molecule has 3 aliphatic rings. The van der Waals surface area contributed by atoms with Gasteiger partial charge in [-0.2, -0.15) is 4.98 Å². The lowest BCUT2D eigenvalue weighted by Gasteiger charge is -2.37. The Labute approximate surface area is 211 Å². The van der Waals surface area contributed by atoms with Crippen molar-refractivity contribution in [2.45, 2.75) is 82.7 Å². The number of ether oxygens (including phenoxy) is 3. The van der Waals surface area contributed by atoms with Gasteiger partial charge in [0, 0.05) is 39.2 Å². The lowest BCUT2D eigenvalue weighted by atomic mass is 9.94. The first-order valence-electron chi connectivity index (χ1n) is 13.0. The van der Waals surface area contributed by atoms with Gasteiger partial charge in [0.15, 0.2) is 5.82 Å². The summed E-state index contributed by atoms with van der Waals surface area (Å²) in [6.45, 7) is 7.05. The highest BCUT2D eigenvalue weighted by atomic mass is 16.5. The maximum Gasteiger partial charge on any atom is 0.324 e. The zero-order valence-corrected chi connectivity index (χ0v) is 21.3. The van der Waals surface area contributed by atoms with E-state index in [4.69, 9.17) is 18.7 Å². The summed E-state index contributed by atoms with van der Waals surface area (Å²) in [5.41, 5.74) is 0.333. The summed E-state index contributed by atoms with van der Waals surface area (Å²) in [5.74, 6) is 1.36. The fraction of sp³-hybridized carbons (Fsp3) is 0.720. The van der Waals surface area contributed by atoms with Gasteiger partial charge in [0.25, 0.3) is 5.91 Å². The molecule has 2 aromatic heterocycles. The number of piperidine rings is 1. The lowest BCUT2D eigenvalue weighted by molar-refractivity contribution is -0.0534. The van der Waals surface area contributed by atoms with Crippen LogP contribution in [0.2, 0.25) is 0 Å². The Kier molecular flexibility index (Phi) is 7.66. The summed E-state index contributed by atoms with van der Waals surface area (Å²) in [5, 5.41) is 4.07. The van der Waals surface area contributed by atoms with Crippen molar-refractivity contribution in [3.63, 3.8) is 0 Å². The molecule has 0 atom stereocenters. The predicted molar refractivity (Wildman–Crippen MR) is 130 cm³/mol. The zero-order valence-electron chi connectivity index (χ0n) is 21.3. The number of amides is 1. The summed E-state index contributed by atoms with van der Waals surface area (Å²) in [7, 11) is 1.65. The van der Waals surface area contributed by atoms with Crippen molar-refractivity contribution in [3.05, 3.63) is 23.9 Å². The van der Waals surface area contributed by atoms with E-state index in [-0.39, 0.29) is 36.2 Å². The molecule has 3 fully saturated rings. The van der Waals surface area contributed by atoms with Gasteiger partial charge in [0.05, 0.1) is 30.7 Å². The van der Waals surface area contributed by atoms with Gasteiger partial charge in [-0.05, 0) is 38.5 Å². The molecule has 5 rings (SSSR count). The molecule has 0 bridgehead atoms. The van der Waals surface area contributed by atoms with Gasteiger partial charge in [0.2, 0.25) is 5.88 Å². The Morgan fingerprint density at radius 2 is 1.67 bits per heavy atom. The second-order valence-electron chi connectivity index (χ2n) is 10.2. The van der Waals surface area contributed by atoms with Gasteiger partial charge in [0.1, 0.15) is 11.8 Å². The number of carbonyl (C=O) groups is 1. The highest BCUT2D eigenvalue weighted by molar-refractivity contribution is 5.92. The number of nitrogens with zero attached hydrogens (tertiary/aromatic N) is 6. The molecule has 2 saturated heterocycles. The smallest absolute Gasteiger partial charge is 0.324 e. The second-order valence-corrected chi connectivity index (χ2v) is 10.2. The van der Waals surface area contributed by atoms with Gasteiger partial charge >= 0.3 is 6.01 Å². The highest BCUT2D eigenvalue weighted by Crippen LogP contribution is 2.28. The van der Waals surface area contributed by atoms with E-state index in [2.05, 4.69) is 38.9 Å².